The van der Waals surface area contributed by atoms with Crippen LogP contribution in [0.5, 0.6) is 0 Å². The summed E-state index contributed by atoms with van der Waals surface area (Å²) in [7, 11) is 0. The van der Waals surface area contributed by atoms with E-state index in [1.807, 2.05) is 42.5 Å². The highest BCUT2D eigenvalue weighted by Gasteiger charge is 2.21. The van der Waals surface area contributed by atoms with Gasteiger partial charge in [-0.3, -0.25) is 0 Å². The van der Waals surface area contributed by atoms with E-state index in [-0.39, 0.29) is 0 Å². The van der Waals surface area contributed by atoms with Gasteiger partial charge in [0.05, 0.1) is 0 Å². The van der Waals surface area contributed by atoms with Crippen LogP contribution in [0.4, 0.5) is 5.88 Å². The largest absolute Gasteiger partial charge is 0.440 e. The lowest BCUT2D eigenvalue weighted by Gasteiger charge is -2.12. The molecule has 6 aromatic carbocycles. The molecule has 0 amide bonds. The summed E-state index contributed by atoms with van der Waals surface area (Å²) in [5.74, 6) is 2.65. The number of fused-ring (bicyclic) bond motifs is 8. The molecule has 5 heteroatoms. The Kier molecular flexibility index (Phi) is 5.19. The monoisotopic (exact) mass is 552 g/mol. The Balaban J connectivity index is 1.28. The van der Waals surface area contributed by atoms with Crippen LogP contribution in [0.25, 0.3) is 83.5 Å². The number of furan rings is 1. The van der Waals surface area contributed by atoms with E-state index in [0.717, 1.165) is 51.0 Å². The van der Waals surface area contributed by atoms with Crippen LogP contribution in [0.1, 0.15) is 5.56 Å². The predicted octanol–water partition coefficient (Wildman–Crippen LogP) is 9.52. The molecule has 5 nitrogen and oxygen atoms in total. The van der Waals surface area contributed by atoms with Gasteiger partial charge in [-0.05, 0) is 44.5 Å². The molecule has 3 heterocycles. The smallest absolute Gasteiger partial charge is 0.201 e. The number of hydrogen-bond acceptors (Lipinski definition) is 5. The summed E-state index contributed by atoms with van der Waals surface area (Å²) in [4.78, 5) is 15.1. The van der Waals surface area contributed by atoms with Crippen molar-refractivity contribution in [1.82, 2.24) is 15.0 Å². The Bertz CT molecular complexity index is 2410. The van der Waals surface area contributed by atoms with Crippen molar-refractivity contribution in [2.75, 3.05) is 11.9 Å². The van der Waals surface area contributed by atoms with E-state index in [4.69, 9.17) is 19.4 Å². The fourth-order valence-corrected chi connectivity index (χ4v) is 6.29. The Morgan fingerprint density at radius 1 is 0.558 bits per heavy atom. The Morgan fingerprint density at radius 2 is 1.30 bits per heavy atom. The van der Waals surface area contributed by atoms with Crippen molar-refractivity contribution in [3.8, 4) is 34.2 Å². The number of nitrogens with one attached hydrogen (secondary N) is 1. The summed E-state index contributed by atoms with van der Waals surface area (Å²) in [6.45, 7) is 0.739. The molecule has 0 atom stereocenters. The highest BCUT2D eigenvalue weighted by atomic mass is 16.3. The van der Waals surface area contributed by atoms with Gasteiger partial charge in [-0.25, -0.2) is 15.0 Å². The first-order valence-corrected chi connectivity index (χ1v) is 14.4. The number of nitrogens with zero attached hydrogens (tertiary/aromatic N) is 3. The highest BCUT2D eigenvalue weighted by molar-refractivity contribution is 6.20. The second kappa shape index (κ2) is 9.36. The van der Waals surface area contributed by atoms with Gasteiger partial charge in [0.2, 0.25) is 5.88 Å². The van der Waals surface area contributed by atoms with Crippen molar-refractivity contribution >= 4 is 55.2 Å². The standard InChI is InChI=1S/C38H24N4O/c1-2-9-25(10-3-1)35-40-36(42-37(41-35)30-12-6-14-32-34(30)31-13-7-21-39-38(31)43-32)27-19-20-29-26(22-27)18-17-24-16-15-23-8-4-5-11-28(23)33(24)29/h1-20,22,39H,21H2. The second-order valence-electron chi connectivity index (χ2n) is 10.9. The van der Waals surface area contributed by atoms with Crippen LogP contribution in [0.3, 0.4) is 0 Å². The van der Waals surface area contributed by atoms with Crippen LogP contribution in [-0.2, 0) is 0 Å². The van der Waals surface area contributed by atoms with Gasteiger partial charge in [0.15, 0.2) is 17.5 Å². The molecule has 0 bridgehead atoms. The number of anilines is 1. The molecule has 0 saturated carbocycles. The van der Waals surface area contributed by atoms with Crippen molar-refractivity contribution < 1.29 is 4.42 Å². The van der Waals surface area contributed by atoms with Crippen molar-refractivity contribution in [3.05, 3.63) is 127 Å². The molecule has 0 radical (unpaired) electrons. The van der Waals surface area contributed by atoms with Crippen molar-refractivity contribution in [3.63, 3.8) is 0 Å². The van der Waals surface area contributed by atoms with Crippen LogP contribution < -0.4 is 5.32 Å². The maximum atomic E-state index is 6.16. The minimum Gasteiger partial charge on any atom is -0.440 e. The first-order valence-electron chi connectivity index (χ1n) is 14.4. The molecule has 2 aromatic heterocycles. The molecule has 1 aliphatic rings. The van der Waals surface area contributed by atoms with E-state index in [9.17, 15) is 0 Å². The summed E-state index contributed by atoms with van der Waals surface area (Å²) in [5.41, 5.74) is 4.61. The maximum Gasteiger partial charge on any atom is 0.201 e. The lowest BCUT2D eigenvalue weighted by Crippen LogP contribution is -2.02. The highest BCUT2D eigenvalue weighted by Crippen LogP contribution is 2.39. The van der Waals surface area contributed by atoms with E-state index < -0.39 is 0 Å². The summed E-state index contributed by atoms with van der Waals surface area (Å²) >= 11 is 0. The fourth-order valence-electron chi connectivity index (χ4n) is 6.29. The van der Waals surface area contributed by atoms with Gasteiger partial charge in [0.1, 0.15) is 5.58 Å². The van der Waals surface area contributed by atoms with Crippen LogP contribution in [-0.4, -0.2) is 21.5 Å². The predicted molar refractivity (Wildman–Crippen MR) is 176 cm³/mol. The zero-order valence-corrected chi connectivity index (χ0v) is 23.1. The summed E-state index contributed by atoms with van der Waals surface area (Å²) < 4.78 is 6.16. The Labute approximate surface area is 247 Å². The summed E-state index contributed by atoms with van der Waals surface area (Å²) in [6.07, 6.45) is 4.21. The molecule has 0 saturated heterocycles. The molecule has 43 heavy (non-hydrogen) atoms. The molecule has 8 aromatic rings. The van der Waals surface area contributed by atoms with Gasteiger partial charge in [-0.1, -0.05) is 115 Å². The van der Waals surface area contributed by atoms with Crippen LogP contribution in [0.15, 0.2) is 126 Å². The molecule has 0 unspecified atom stereocenters. The molecule has 1 N–H and O–H groups in total. The molecule has 0 aliphatic carbocycles. The third-order valence-electron chi connectivity index (χ3n) is 8.31. The van der Waals surface area contributed by atoms with Gasteiger partial charge < -0.3 is 9.73 Å². The lowest BCUT2D eigenvalue weighted by molar-refractivity contribution is 0.628. The number of rotatable bonds is 3. The van der Waals surface area contributed by atoms with E-state index in [0.29, 0.717) is 17.5 Å². The average Bonchev–Trinajstić information content (AvgIpc) is 3.47. The maximum absolute atomic E-state index is 6.16. The number of benzene rings is 6. The van der Waals surface area contributed by atoms with Crippen molar-refractivity contribution in [2.45, 2.75) is 0 Å². The third kappa shape index (κ3) is 3.82. The topological polar surface area (TPSA) is 63.8 Å². The van der Waals surface area contributed by atoms with Crippen LogP contribution in [0, 0.1) is 0 Å². The number of aromatic nitrogens is 3. The van der Waals surface area contributed by atoms with Crippen molar-refractivity contribution in [1.29, 1.82) is 0 Å². The third-order valence-corrected chi connectivity index (χ3v) is 8.31. The number of hydrogen-bond donors (Lipinski definition) is 1. The molecule has 1 aliphatic heterocycles. The first-order chi connectivity index (χ1) is 21.3. The SMILES string of the molecule is C1=Cc2c(oc3cccc(-c4nc(-c5ccccc5)nc(-c5ccc6c(ccc7ccc8ccccc8c76)c5)n4)c23)NC1. The summed E-state index contributed by atoms with van der Waals surface area (Å²) in [6, 6.07) is 40.0. The molecule has 0 fully saturated rings. The van der Waals surface area contributed by atoms with E-state index in [1.54, 1.807) is 0 Å². The van der Waals surface area contributed by atoms with Gasteiger partial charge in [0.25, 0.3) is 0 Å². The van der Waals surface area contributed by atoms with Gasteiger partial charge in [-0.15, -0.1) is 0 Å². The quantitative estimate of drug-likeness (QED) is 0.221. The summed E-state index contributed by atoms with van der Waals surface area (Å²) in [5, 5.41) is 11.7. The molecular weight excluding hydrogens is 528 g/mol. The molecule has 202 valence electrons. The zero-order chi connectivity index (χ0) is 28.3. The lowest BCUT2D eigenvalue weighted by atomic mass is 9.95. The van der Waals surface area contributed by atoms with Crippen molar-refractivity contribution in [2.24, 2.45) is 0 Å². The van der Waals surface area contributed by atoms with Gasteiger partial charge in [-0.2, -0.15) is 0 Å². The molecule has 0 spiro atoms. The van der Waals surface area contributed by atoms with E-state index in [1.165, 1.54) is 26.9 Å². The van der Waals surface area contributed by atoms with E-state index in [2.05, 4.69) is 90.3 Å². The average molecular weight is 553 g/mol. The minimum absolute atomic E-state index is 0.613. The molecule has 9 rings (SSSR count). The fraction of sp³-hybridized carbons (Fsp3) is 0.0263. The zero-order valence-electron chi connectivity index (χ0n) is 23.1. The van der Waals surface area contributed by atoms with Crippen LogP contribution >= 0.6 is 0 Å². The van der Waals surface area contributed by atoms with E-state index >= 15 is 0 Å². The van der Waals surface area contributed by atoms with Gasteiger partial charge >= 0.3 is 0 Å². The Hall–Kier alpha value is -5.81. The molecular formula is C38H24N4O. The Morgan fingerprint density at radius 3 is 2.21 bits per heavy atom. The van der Waals surface area contributed by atoms with Gasteiger partial charge in [0, 0.05) is 34.2 Å². The second-order valence-corrected chi connectivity index (χ2v) is 10.9. The first kappa shape index (κ1) is 23.9. The van der Waals surface area contributed by atoms with Crippen LogP contribution in [0.2, 0.25) is 0 Å². The minimum atomic E-state index is 0.613. The normalized spacial score (nSPS) is 12.7.